The van der Waals surface area contributed by atoms with Gasteiger partial charge in [0.2, 0.25) is 0 Å². The van der Waals surface area contributed by atoms with Gasteiger partial charge in [0, 0.05) is 55.4 Å². The Kier molecular flexibility index (Phi) is 5.81. The molecule has 0 saturated carbocycles. The molecule has 1 aliphatic heterocycles. The molecule has 29 heavy (non-hydrogen) atoms. The third kappa shape index (κ3) is 4.60. The summed E-state index contributed by atoms with van der Waals surface area (Å²) in [6.45, 7) is 9.08. The molecule has 2 heterocycles. The van der Waals surface area contributed by atoms with Crippen LogP contribution in [0.2, 0.25) is 0 Å². The highest BCUT2D eigenvalue weighted by molar-refractivity contribution is 5.94. The van der Waals surface area contributed by atoms with E-state index in [0.717, 1.165) is 44.7 Å². The fourth-order valence-electron chi connectivity index (χ4n) is 4.05. The minimum atomic E-state index is 0.122. The molecule has 0 spiro atoms. The lowest BCUT2D eigenvalue weighted by Gasteiger charge is -2.36. The van der Waals surface area contributed by atoms with Crippen molar-refractivity contribution >= 4 is 11.5 Å². The Balaban J connectivity index is 1.30. The van der Waals surface area contributed by atoms with E-state index in [1.54, 1.807) is 6.92 Å². The maximum atomic E-state index is 11.4. The zero-order valence-corrected chi connectivity index (χ0v) is 17.3. The summed E-state index contributed by atoms with van der Waals surface area (Å²) in [5.41, 5.74) is 7.12. The molecule has 1 saturated heterocycles. The lowest BCUT2D eigenvalue weighted by atomic mass is 10.1. The van der Waals surface area contributed by atoms with Gasteiger partial charge in [0.1, 0.15) is 0 Å². The number of carbonyl (C=O) groups is 1. The van der Waals surface area contributed by atoms with E-state index in [4.69, 9.17) is 0 Å². The molecule has 2 aromatic carbocycles. The van der Waals surface area contributed by atoms with Crippen molar-refractivity contribution < 1.29 is 4.79 Å². The van der Waals surface area contributed by atoms with Gasteiger partial charge in [-0.1, -0.05) is 30.3 Å². The predicted molar refractivity (Wildman–Crippen MR) is 120 cm³/mol. The van der Waals surface area contributed by atoms with Crippen LogP contribution in [0.25, 0.3) is 11.3 Å². The maximum Gasteiger partial charge on any atom is 0.159 e. The number of nitrogens with one attached hydrogen (secondary N) is 1. The van der Waals surface area contributed by atoms with Crippen molar-refractivity contribution in [2.75, 3.05) is 37.6 Å². The smallest absolute Gasteiger partial charge is 0.159 e. The number of carbonyl (C=O) groups excluding carboxylic acids is 1. The first-order chi connectivity index (χ1) is 14.1. The number of rotatable bonds is 6. The van der Waals surface area contributed by atoms with Crippen LogP contribution in [0.3, 0.4) is 0 Å². The quantitative estimate of drug-likeness (QED) is 0.631. The van der Waals surface area contributed by atoms with Crippen LogP contribution < -0.4 is 4.90 Å². The first-order valence-corrected chi connectivity index (χ1v) is 10.4. The van der Waals surface area contributed by atoms with Crippen LogP contribution in [0.5, 0.6) is 0 Å². The number of aryl methyl sites for hydroxylation is 1. The van der Waals surface area contributed by atoms with E-state index in [-0.39, 0.29) is 5.78 Å². The zero-order chi connectivity index (χ0) is 20.2. The maximum absolute atomic E-state index is 11.4. The van der Waals surface area contributed by atoms with Crippen molar-refractivity contribution in [3.05, 3.63) is 77.5 Å². The Hall–Kier alpha value is -2.85. The van der Waals surface area contributed by atoms with E-state index in [2.05, 4.69) is 70.2 Å². The molecular formula is C25H29N3O. The van der Waals surface area contributed by atoms with Gasteiger partial charge in [-0.15, -0.1) is 0 Å². The van der Waals surface area contributed by atoms with Crippen LogP contribution in [0.4, 0.5) is 5.69 Å². The number of ketones is 1. The average Bonchev–Trinajstić information content (AvgIpc) is 3.14. The summed E-state index contributed by atoms with van der Waals surface area (Å²) in [4.78, 5) is 20.0. The van der Waals surface area contributed by atoms with E-state index in [9.17, 15) is 4.79 Å². The van der Waals surface area contributed by atoms with Crippen molar-refractivity contribution in [3.63, 3.8) is 0 Å². The summed E-state index contributed by atoms with van der Waals surface area (Å²) < 4.78 is 0. The molecule has 0 aliphatic carbocycles. The van der Waals surface area contributed by atoms with Crippen molar-refractivity contribution in [3.8, 4) is 11.3 Å². The summed E-state index contributed by atoms with van der Waals surface area (Å²) >= 11 is 0. The van der Waals surface area contributed by atoms with E-state index in [0.29, 0.717) is 0 Å². The standard InChI is InChI=1S/C25H29N3O/c1-19-23(18-25(26-19)22-6-4-3-5-7-22)12-13-27-14-16-28(17-15-27)24-10-8-21(9-11-24)20(2)29/h3-11,18,26H,12-17H2,1-2H3. The zero-order valence-electron chi connectivity index (χ0n) is 17.3. The van der Waals surface area contributed by atoms with Crippen LogP contribution in [0.1, 0.15) is 28.5 Å². The van der Waals surface area contributed by atoms with Gasteiger partial charge in [-0.25, -0.2) is 0 Å². The van der Waals surface area contributed by atoms with Crippen LogP contribution in [-0.2, 0) is 6.42 Å². The van der Waals surface area contributed by atoms with Gasteiger partial charge in [0.05, 0.1) is 0 Å². The normalized spacial score (nSPS) is 14.9. The van der Waals surface area contributed by atoms with Crippen molar-refractivity contribution in [1.82, 2.24) is 9.88 Å². The van der Waals surface area contributed by atoms with Crippen LogP contribution in [0, 0.1) is 6.92 Å². The predicted octanol–water partition coefficient (Wildman–Crippen LogP) is 4.56. The third-order valence-corrected chi connectivity index (χ3v) is 5.92. The van der Waals surface area contributed by atoms with E-state index < -0.39 is 0 Å². The number of aromatic nitrogens is 1. The lowest BCUT2D eigenvalue weighted by molar-refractivity contribution is 0.101. The average molecular weight is 388 g/mol. The fraction of sp³-hybridized carbons (Fsp3) is 0.320. The highest BCUT2D eigenvalue weighted by atomic mass is 16.1. The molecule has 4 nitrogen and oxygen atoms in total. The minimum Gasteiger partial charge on any atom is -0.369 e. The van der Waals surface area contributed by atoms with E-state index in [1.165, 1.54) is 28.2 Å². The molecule has 0 unspecified atom stereocenters. The Bertz CT molecular complexity index is 951. The fourth-order valence-corrected chi connectivity index (χ4v) is 4.05. The minimum absolute atomic E-state index is 0.122. The van der Waals surface area contributed by atoms with Crippen molar-refractivity contribution in [2.45, 2.75) is 20.3 Å². The van der Waals surface area contributed by atoms with Gasteiger partial charge in [0.25, 0.3) is 0 Å². The monoisotopic (exact) mass is 387 g/mol. The molecule has 1 aliphatic rings. The molecule has 3 aromatic rings. The van der Waals surface area contributed by atoms with Gasteiger partial charge in [0.15, 0.2) is 5.78 Å². The number of piperazine rings is 1. The Morgan fingerprint density at radius 2 is 1.66 bits per heavy atom. The molecule has 0 radical (unpaired) electrons. The van der Waals surface area contributed by atoms with Gasteiger partial charge < -0.3 is 9.88 Å². The number of hydrogen-bond donors (Lipinski definition) is 1. The summed E-state index contributed by atoms with van der Waals surface area (Å²) in [7, 11) is 0. The molecule has 1 N–H and O–H groups in total. The number of hydrogen-bond acceptors (Lipinski definition) is 3. The number of nitrogens with zero attached hydrogens (tertiary/aromatic N) is 2. The largest absolute Gasteiger partial charge is 0.369 e. The number of H-pyrrole nitrogens is 1. The first kappa shape index (κ1) is 19.5. The van der Waals surface area contributed by atoms with Gasteiger partial charge >= 0.3 is 0 Å². The highest BCUT2D eigenvalue weighted by Crippen LogP contribution is 2.22. The highest BCUT2D eigenvalue weighted by Gasteiger charge is 2.18. The second-order valence-corrected chi connectivity index (χ2v) is 7.88. The molecule has 1 fully saturated rings. The van der Waals surface area contributed by atoms with Gasteiger partial charge in [-0.3, -0.25) is 9.69 Å². The number of anilines is 1. The Morgan fingerprint density at radius 3 is 2.31 bits per heavy atom. The first-order valence-electron chi connectivity index (χ1n) is 10.4. The van der Waals surface area contributed by atoms with Crippen LogP contribution in [-0.4, -0.2) is 48.4 Å². The molecule has 4 rings (SSSR count). The molecule has 0 bridgehead atoms. The van der Waals surface area contributed by atoms with Gasteiger partial charge in [-0.2, -0.15) is 0 Å². The molecule has 0 atom stereocenters. The second kappa shape index (κ2) is 8.66. The SMILES string of the molecule is CC(=O)c1ccc(N2CCN(CCc3cc(-c4ccccc4)[nH]c3C)CC2)cc1. The molecule has 4 heteroatoms. The van der Waals surface area contributed by atoms with E-state index in [1.807, 2.05) is 12.1 Å². The van der Waals surface area contributed by atoms with E-state index >= 15 is 0 Å². The van der Waals surface area contributed by atoms with Crippen molar-refractivity contribution in [2.24, 2.45) is 0 Å². The van der Waals surface area contributed by atoms with Crippen molar-refractivity contribution in [1.29, 1.82) is 0 Å². The summed E-state index contributed by atoms with van der Waals surface area (Å²) in [5.74, 6) is 0.122. The number of benzene rings is 2. The van der Waals surface area contributed by atoms with Crippen LogP contribution in [0.15, 0.2) is 60.7 Å². The number of Topliss-reactive ketones (excluding diaryl/α,β-unsaturated/α-hetero) is 1. The Morgan fingerprint density at radius 1 is 0.966 bits per heavy atom. The summed E-state index contributed by atoms with van der Waals surface area (Å²) in [6.07, 6.45) is 1.07. The third-order valence-electron chi connectivity index (χ3n) is 5.92. The lowest BCUT2D eigenvalue weighted by Crippen LogP contribution is -2.47. The summed E-state index contributed by atoms with van der Waals surface area (Å²) in [5, 5.41) is 0. The second-order valence-electron chi connectivity index (χ2n) is 7.88. The molecular weight excluding hydrogens is 358 g/mol. The molecule has 0 amide bonds. The topological polar surface area (TPSA) is 39.3 Å². The molecule has 150 valence electrons. The van der Waals surface area contributed by atoms with Crippen LogP contribution >= 0.6 is 0 Å². The summed E-state index contributed by atoms with van der Waals surface area (Å²) in [6, 6.07) is 20.8. The number of aromatic amines is 1. The van der Waals surface area contributed by atoms with Gasteiger partial charge in [-0.05, 0) is 61.7 Å². The molecule has 1 aromatic heterocycles. The Labute approximate surface area is 173 Å².